The van der Waals surface area contributed by atoms with Gasteiger partial charge in [0.05, 0.1) is 0 Å². The summed E-state index contributed by atoms with van der Waals surface area (Å²) in [6, 6.07) is 11.2. The highest BCUT2D eigenvalue weighted by Gasteiger charge is 2.22. The van der Waals surface area contributed by atoms with Crippen LogP contribution in [-0.2, 0) is 17.6 Å². The number of esters is 1. The molecule has 0 aliphatic heterocycles. The van der Waals surface area contributed by atoms with Crippen LogP contribution in [0.15, 0.2) is 42.5 Å². The van der Waals surface area contributed by atoms with E-state index in [4.69, 9.17) is 10.5 Å². The molecule has 0 unspecified atom stereocenters. The first kappa shape index (κ1) is 21.3. The number of fused-ring (bicyclic) bond motifs is 1. The minimum absolute atomic E-state index is 0.209. The number of hydrogen-bond acceptors (Lipinski definition) is 4. The fraction of sp³-hybridized carbons (Fsp3) is 0.333. The van der Waals surface area contributed by atoms with E-state index in [0.29, 0.717) is 18.7 Å². The second-order valence-electron chi connectivity index (χ2n) is 7.33. The van der Waals surface area contributed by atoms with Crippen molar-refractivity contribution in [3.8, 4) is 11.5 Å². The van der Waals surface area contributed by atoms with Crippen LogP contribution in [0.3, 0.4) is 0 Å². The maximum absolute atomic E-state index is 12.1. The van der Waals surface area contributed by atoms with Crippen molar-refractivity contribution in [3.63, 3.8) is 0 Å². The zero-order chi connectivity index (χ0) is 20.8. The quantitative estimate of drug-likeness (QED) is 0.287. The highest BCUT2D eigenvalue weighted by atomic mass is 31.0. The predicted molar refractivity (Wildman–Crippen MR) is 121 cm³/mol. The monoisotopic (exact) mass is 409 g/mol. The van der Waals surface area contributed by atoms with Crippen LogP contribution in [0.2, 0.25) is 0 Å². The Labute approximate surface area is 174 Å². The summed E-state index contributed by atoms with van der Waals surface area (Å²) in [6.07, 6.45) is 6.79. The Kier molecular flexibility index (Phi) is 7.24. The molecule has 3 N–H and O–H groups in total. The first-order valence-corrected chi connectivity index (χ1v) is 10.7. The van der Waals surface area contributed by atoms with Gasteiger partial charge in [0, 0.05) is 11.7 Å². The summed E-state index contributed by atoms with van der Waals surface area (Å²) in [7, 11) is 3.88. The number of benzene rings is 2. The van der Waals surface area contributed by atoms with Gasteiger partial charge in [-0.05, 0) is 84.3 Å². The van der Waals surface area contributed by atoms with Crippen LogP contribution in [0.5, 0.6) is 11.5 Å². The van der Waals surface area contributed by atoms with Crippen molar-refractivity contribution >= 4 is 25.7 Å². The van der Waals surface area contributed by atoms with E-state index in [0.717, 1.165) is 54.1 Å². The molecule has 29 heavy (non-hydrogen) atoms. The van der Waals surface area contributed by atoms with Crippen molar-refractivity contribution in [2.45, 2.75) is 45.4 Å². The molecule has 0 amide bonds. The molecule has 3 rings (SSSR count). The summed E-state index contributed by atoms with van der Waals surface area (Å²) < 4.78 is 5.62. The van der Waals surface area contributed by atoms with Gasteiger partial charge in [-0.2, -0.15) is 0 Å². The smallest absolute Gasteiger partial charge is 0.311 e. The zero-order valence-corrected chi connectivity index (χ0v) is 17.8. The molecule has 152 valence electrons. The van der Waals surface area contributed by atoms with Crippen LogP contribution in [-0.4, -0.2) is 22.9 Å². The number of hydrogen-bond donors (Lipinski definition) is 2. The van der Waals surface area contributed by atoms with Crippen molar-refractivity contribution in [2.24, 2.45) is 5.73 Å². The van der Waals surface area contributed by atoms with Crippen LogP contribution in [0.25, 0.3) is 5.57 Å². The lowest BCUT2D eigenvalue weighted by Crippen LogP contribution is -2.15. The number of carbonyl (C=O) groups is 1. The molecule has 2 aromatic rings. The zero-order valence-electron chi connectivity index (χ0n) is 16.8. The van der Waals surface area contributed by atoms with E-state index in [1.165, 1.54) is 11.1 Å². The number of phenolic OH excluding ortho intramolecular Hbond substituents is 1. The lowest BCUT2D eigenvalue weighted by molar-refractivity contribution is -0.134. The van der Waals surface area contributed by atoms with Crippen molar-refractivity contribution in [2.75, 3.05) is 6.54 Å². The van der Waals surface area contributed by atoms with Crippen molar-refractivity contribution in [3.05, 3.63) is 64.7 Å². The molecule has 4 nitrogen and oxygen atoms in total. The van der Waals surface area contributed by atoms with Gasteiger partial charge in [-0.1, -0.05) is 31.6 Å². The van der Waals surface area contributed by atoms with Gasteiger partial charge in [0.1, 0.15) is 11.5 Å². The lowest BCUT2D eigenvalue weighted by Gasteiger charge is -2.24. The van der Waals surface area contributed by atoms with E-state index >= 15 is 0 Å². The average molecular weight is 409 g/mol. The Morgan fingerprint density at radius 2 is 1.97 bits per heavy atom. The third-order valence-corrected chi connectivity index (χ3v) is 5.60. The van der Waals surface area contributed by atoms with Gasteiger partial charge < -0.3 is 15.6 Å². The van der Waals surface area contributed by atoms with Crippen LogP contribution in [0.4, 0.5) is 0 Å². The second kappa shape index (κ2) is 9.87. The summed E-state index contributed by atoms with van der Waals surface area (Å²) in [5.74, 6) is 0.663. The summed E-state index contributed by atoms with van der Waals surface area (Å²) >= 11 is 0. The average Bonchev–Trinajstić information content (AvgIpc) is 2.69. The minimum Gasteiger partial charge on any atom is -0.508 e. The number of ether oxygens (including phenoxy) is 1. The number of allylic oxidation sites excluding steroid dienone is 2. The van der Waals surface area contributed by atoms with Crippen LogP contribution >= 0.6 is 8.86 Å². The van der Waals surface area contributed by atoms with Crippen LogP contribution in [0.1, 0.15) is 54.9 Å². The number of carbonyl (C=O) groups excluding carboxylic acids is 1. The Morgan fingerprint density at radius 1 is 1.21 bits per heavy atom. The molecule has 0 saturated heterocycles. The van der Waals surface area contributed by atoms with E-state index in [2.05, 4.69) is 21.9 Å². The topological polar surface area (TPSA) is 72.5 Å². The molecule has 0 saturated carbocycles. The van der Waals surface area contributed by atoms with E-state index in [9.17, 15) is 9.90 Å². The minimum atomic E-state index is -0.209. The largest absolute Gasteiger partial charge is 0.508 e. The third kappa shape index (κ3) is 5.14. The normalized spacial score (nSPS) is 13.0. The Balaban J connectivity index is 1.88. The summed E-state index contributed by atoms with van der Waals surface area (Å²) in [5.41, 5.74) is 11.1. The first-order valence-electron chi connectivity index (χ1n) is 10.2. The molecule has 1 aliphatic rings. The number of aryl methyl sites for hydroxylation is 1. The number of unbranched alkanes of at least 4 members (excludes halogenated alkanes) is 1. The summed E-state index contributed by atoms with van der Waals surface area (Å²) in [4.78, 5) is 12.1. The molecule has 0 radical (unpaired) electrons. The van der Waals surface area contributed by atoms with Gasteiger partial charge in [-0.3, -0.25) is 4.79 Å². The molecule has 0 atom stereocenters. The van der Waals surface area contributed by atoms with E-state index < -0.39 is 0 Å². The summed E-state index contributed by atoms with van der Waals surface area (Å²) in [6.45, 7) is 2.73. The molecular formula is C24H28NO3P. The van der Waals surface area contributed by atoms with Crippen molar-refractivity contribution in [1.29, 1.82) is 0 Å². The van der Waals surface area contributed by atoms with E-state index in [-0.39, 0.29) is 11.7 Å². The summed E-state index contributed by atoms with van der Waals surface area (Å²) in [5, 5.41) is 10.6. The highest BCUT2D eigenvalue weighted by Crippen LogP contribution is 2.35. The number of phenols is 1. The highest BCUT2D eigenvalue weighted by molar-refractivity contribution is 7.25. The maximum atomic E-state index is 12.1. The third-order valence-electron chi connectivity index (χ3n) is 5.09. The Hall–Kier alpha value is -2.42. The van der Waals surface area contributed by atoms with Gasteiger partial charge in [-0.15, -0.1) is 8.86 Å². The molecule has 2 aromatic carbocycles. The molecule has 0 fully saturated rings. The van der Waals surface area contributed by atoms with Crippen LogP contribution < -0.4 is 10.5 Å². The molecule has 5 heteroatoms. The second-order valence-corrected chi connectivity index (χ2v) is 7.83. The van der Waals surface area contributed by atoms with E-state index in [1.807, 2.05) is 24.3 Å². The molecular weight excluding hydrogens is 381 g/mol. The van der Waals surface area contributed by atoms with Crippen molar-refractivity contribution in [1.82, 2.24) is 0 Å². The lowest BCUT2D eigenvalue weighted by atomic mass is 9.84. The SMILES string of the molecule is CCCc1cc(OC(=O)CCCCN)cc2c1C(=P)C(c1ccc(O)cc1)=CC2. The fourth-order valence-corrected chi connectivity index (χ4v) is 4.26. The van der Waals surface area contributed by atoms with Gasteiger partial charge in [0.2, 0.25) is 0 Å². The first-order chi connectivity index (χ1) is 14.0. The fourth-order valence-electron chi connectivity index (χ4n) is 3.69. The molecule has 0 bridgehead atoms. The number of aromatic hydroxyl groups is 1. The van der Waals surface area contributed by atoms with Crippen molar-refractivity contribution < 1.29 is 14.6 Å². The van der Waals surface area contributed by atoms with Gasteiger partial charge >= 0.3 is 5.97 Å². The van der Waals surface area contributed by atoms with Gasteiger partial charge in [-0.25, -0.2) is 0 Å². The Bertz CT molecular complexity index is 932. The Morgan fingerprint density at radius 3 is 2.66 bits per heavy atom. The van der Waals surface area contributed by atoms with Gasteiger partial charge in [0.25, 0.3) is 0 Å². The van der Waals surface area contributed by atoms with E-state index in [1.54, 1.807) is 12.1 Å². The number of nitrogens with two attached hydrogens (primary N) is 1. The van der Waals surface area contributed by atoms with Crippen LogP contribution in [0, 0.1) is 0 Å². The molecule has 0 aromatic heterocycles. The van der Waals surface area contributed by atoms with Gasteiger partial charge in [0.15, 0.2) is 0 Å². The standard InChI is InChI=1S/C24H28NO3P/c1-2-5-17-14-20(28-22(27)6-3-4-13-25)15-18-9-12-21(24(29)23(17)18)16-7-10-19(26)11-8-16/h7-8,10-12,14-15,26,29H,2-6,9,13,25H2,1H3. The molecule has 0 heterocycles. The number of rotatable bonds is 8. The maximum Gasteiger partial charge on any atom is 0.311 e. The molecule has 0 spiro atoms. The predicted octanol–water partition coefficient (Wildman–Crippen LogP) is 4.68. The molecule has 1 aliphatic carbocycles.